The van der Waals surface area contributed by atoms with Gasteiger partial charge >= 0.3 is 0 Å². The smallest absolute Gasteiger partial charge is 0.252 e. The highest BCUT2D eigenvalue weighted by molar-refractivity contribution is 5.82. The first-order chi connectivity index (χ1) is 18.9. The molecule has 3 aromatic carbocycles. The predicted octanol–water partition coefficient (Wildman–Crippen LogP) is 5.84. The highest BCUT2D eigenvalue weighted by Gasteiger charge is 2.26. The molecule has 0 fully saturated rings. The molecule has 2 heterocycles. The Kier molecular flexibility index (Phi) is 7.98. The van der Waals surface area contributed by atoms with Crippen LogP contribution >= 0.6 is 0 Å². The summed E-state index contributed by atoms with van der Waals surface area (Å²) in [4.78, 5) is 18.8. The SMILES string of the molecule is CC[C@@H](c1nnnn1CCc1ccccc1)N(Cc1ccc(C)cc1)Cc1cc2cc(C)cc(C)c2[nH]c1=O. The molecule has 0 aliphatic heterocycles. The van der Waals surface area contributed by atoms with Gasteiger partial charge in [0, 0.05) is 25.2 Å². The average Bonchev–Trinajstić information content (AvgIpc) is 3.39. The summed E-state index contributed by atoms with van der Waals surface area (Å²) in [6, 6.07) is 25.2. The molecule has 5 rings (SSSR count). The predicted molar refractivity (Wildman–Crippen MR) is 155 cm³/mol. The highest BCUT2D eigenvalue weighted by Crippen LogP contribution is 2.27. The van der Waals surface area contributed by atoms with Crippen molar-refractivity contribution in [2.75, 3.05) is 0 Å². The van der Waals surface area contributed by atoms with Crippen LogP contribution in [-0.4, -0.2) is 30.1 Å². The average molecular weight is 521 g/mol. The summed E-state index contributed by atoms with van der Waals surface area (Å²) >= 11 is 0. The van der Waals surface area contributed by atoms with Crippen LogP contribution in [0.3, 0.4) is 0 Å². The van der Waals surface area contributed by atoms with E-state index in [0.29, 0.717) is 19.6 Å². The summed E-state index contributed by atoms with van der Waals surface area (Å²) in [5, 5.41) is 13.9. The van der Waals surface area contributed by atoms with Crippen LogP contribution in [0.1, 0.15) is 58.6 Å². The molecule has 0 aliphatic rings. The van der Waals surface area contributed by atoms with Gasteiger partial charge in [-0.1, -0.05) is 78.7 Å². The topological polar surface area (TPSA) is 79.7 Å². The third-order valence-corrected chi connectivity index (χ3v) is 7.39. The molecule has 0 saturated carbocycles. The van der Waals surface area contributed by atoms with Crippen LogP contribution in [-0.2, 0) is 26.1 Å². The van der Waals surface area contributed by atoms with Gasteiger partial charge in [-0.15, -0.1) is 5.10 Å². The van der Waals surface area contributed by atoms with Gasteiger partial charge in [0.05, 0.1) is 11.6 Å². The second-order valence-corrected chi connectivity index (χ2v) is 10.5. The molecule has 0 amide bonds. The van der Waals surface area contributed by atoms with Crippen LogP contribution in [0, 0.1) is 20.8 Å². The Morgan fingerprint density at radius 3 is 2.41 bits per heavy atom. The van der Waals surface area contributed by atoms with Crippen LogP contribution in [0.2, 0.25) is 0 Å². The zero-order valence-corrected chi connectivity index (χ0v) is 23.2. The minimum Gasteiger partial charge on any atom is -0.321 e. The van der Waals surface area contributed by atoms with Gasteiger partial charge in [-0.05, 0) is 78.2 Å². The summed E-state index contributed by atoms with van der Waals surface area (Å²) < 4.78 is 1.92. The third kappa shape index (κ3) is 6.15. The molecule has 0 aliphatic carbocycles. The molecule has 0 radical (unpaired) electrons. The quantitative estimate of drug-likeness (QED) is 0.250. The maximum absolute atomic E-state index is 13.3. The van der Waals surface area contributed by atoms with Gasteiger partial charge in [0.1, 0.15) is 0 Å². The summed E-state index contributed by atoms with van der Waals surface area (Å²) in [5.74, 6) is 0.824. The maximum Gasteiger partial charge on any atom is 0.252 e. The number of pyridine rings is 1. The van der Waals surface area contributed by atoms with E-state index in [2.05, 4.69) is 107 Å². The number of nitrogens with one attached hydrogen (secondary N) is 1. The van der Waals surface area contributed by atoms with Crippen molar-refractivity contribution in [3.05, 3.63) is 122 Å². The number of aryl methyl sites for hydroxylation is 5. The maximum atomic E-state index is 13.3. The van der Waals surface area contributed by atoms with Crippen molar-refractivity contribution in [2.45, 2.75) is 66.2 Å². The largest absolute Gasteiger partial charge is 0.321 e. The van der Waals surface area contributed by atoms with Crippen molar-refractivity contribution in [1.82, 2.24) is 30.1 Å². The van der Waals surface area contributed by atoms with Crippen molar-refractivity contribution >= 4 is 10.9 Å². The van der Waals surface area contributed by atoms with Crippen molar-refractivity contribution in [3.63, 3.8) is 0 Å². The van der Waals surface area contributed by atoms with Crippen molar-refractivity contribution < 1.29 is 0 Å². The van der Waals surface area contributed by atoms with Crippen LogP contribution < -0.4 is 5.56 Å². The molecule has 39 heavy (non-hydrogen) atoms. The summed E-state index contributed by atoms with van der Waals surface area (Å²) in [6.45, 7) is 10.2. The summed E-state index contributed by atoms with van der Waals surface area (Å²) in [5.41, 5.74) is 7.49. The lowest BCUT2D eigenvalue weighted by molar-refractivity contribution is 0.160. The number of tetrazole rings is 1. The van der Waals surface area contributed by atoms with Gasteiger partial charge in [-0.2, -0.15) is 0 Å². The van der Waals surface area contributed by atoms with Crippen molar-refractivity contribution in [1.29, 1.82) is 0 Å². The summed E-state index contributed by atoms with van der Waals surface area (Å²) in [6.07, 6.45) is 1.65. The fourth-order valence-electron chi connectivity index (χ4n) is 5.37. The number of H-pyrrole nitrogens is 1. The molecule has 200 valence electrons. The lowest BCUT2D eigenvalue weighted by atomic mass is 10.0. The molecule has 2 aromatic heterocycles. The lowest BCUT2D eigenvalue weighted by Crippen LogP contribution is -2.32. The number of hydrogen-bond acceptors (Lipinski definition) is 5. The fraction of sp³-hybridized carbons (Fsp3) is 0.312. The van der Waals surface area contributed by atoms with Crippen LogP contribution in [0.5, 0.6) is 0 Å². The zero-order chi connectivity index (χ0) is 27.4. The Morgan fingerprint density at radius 1 is 0.897 bits per heavy atom. The Labute approximate surface area is 229 Å². The van der Waals surface area contributed by atoms with Crippen LogP contribution in [0.25, 0.3) is 10.9 Å². The Bertz CT molecular complexity index is 1600. The van der Waals surface area contributed by atoms with E-state index >= 15 is 0 Å². The minimum absolute atomic E-state index is 0.0538. The molecule has 5 aromatic rings. The number of nitrogens with zero attached hydrogens (tertiary/aromatic N) is 5. The van der Waals surface area contributed by atoms with E-state index in [-0.39, 0.29) is 11.6 Å². The molecule has 0 spiro atoms. The standard InChI is InChI=1S/C32H36N6O/c1-5-29(31-34-35-36-38(31)16-15-25-9-7-6-8-10-25)37(20-26-13-11-22(2)12-14-26)21-28-19-27-18-23(3)17-24(4)30(27)33-32(28)39/h6-14,17-19,29H,5,15-16,20-21H2,1-4H3,(H,33,39)/t29-/m0/s1. The fourth-order valence-corrected chi connectivity index (χ4v) is 5.37. The number of hydrogen-bond donors (Lipinski definition) is 1. The monoisotopic (exact) mass is 520 g/mol. The Morgan fingerprint density at radius 2 is 1.67 bits per heavy atom. The van der Waals surface area contributed by atoms with Gasteiger partial charge in [0.25, 0.3) is 5.56 Å². The lowest BCUT2D eigenvalue weighted by Gasteiger charge is -2.30. The molecule has 7 nitrogen and oxygen atoms in total. The van der Waals surface area contributed by atoms with E-state index < -0.39 is 0 Å². The molecule has 0 unspecified atom stereocenters. The minimum atomic E-state index is -0.0635. The molecule has 0 saturated heterocycles. The number of aromatic nitrogens is 5. The van der Waals surface area contributed by atoms with E-state index in [4.69, 9.17) is 0 Å². The van der Waals surface area contributed by atoms with Crippen LogP contribution in [0.15, 0.2) is 77.6 Å². The zero-order valence-electron chi connectivity index (χ0n) is 23.2. The Hall–Kier alpha value is -4.10. The molecule has 0 bridgehead atoms. The highest BCUT2D eigenvalue weighted by atomic mass is 16.1. The number of aromatic amines is 1. The summed E-state index contributed by atoms with van der Waals surface area (Å²) in [7, 11) is 0. The van der Waals surface area contributed by atoms with Gasteiger partial charge in [-0.25, -0.2) is 4.68 Å². The van der Waals surface area contributed by atoms with E-state index in [1.165, 1.54) is 22.3 Å². The molecular formula is C32H36N6O. The molecule has 7 heteroatoms. The molecule has 1 N–H and O–H groups in total. The second kappa shape index (κ2) is 11.7. The van der Waals surface area contributed by atoms with E-state index in [0.717, 1.165) is 40.7 Å². The van der Waals surface area contributed by atoms with E-state index in [9.17, 15) is 4.79 Å². The van der Waals surface area contributed by atoms with Crippen LogP contribution in [0.4, 0.5) is 0 Å². The third-order valence-electron chi connectivity index (χ3n) is 7.39. The molecule has 1 atom stereocenters. The van der Waals surface area contributed by atoms with Crippen molar-refractivity contribution in [3.8, 4) is 0 Å². The Balaban J connectivity index is 1.49. The first kappa shape index (κ1) is 26.5. The second-order valence-electron chi connectivity index (χ2n) is 10.5. The van der Waals surface area contributed by atoms with Gasteiger partial charge in [0.2, 0.25) is 0 Å². The van der Waals surface area contributed by atoms with Gasteiger partial charge in [0.15, 0.2) is 5.82 Å². The van der Waals surface area contributed by atoms with Gasteiger partial charge in [-0.3, -0.25) is 9.69 Å². The van der Waals surface area contributed by atoms with E-state index in [1.807, 2.05) is 23.7 Å². The normalized spacial score (nSPS) is 12.3. The van der Waals surface area contributed by atoms with E-state index in [1.54, 1.807) is 0 Å². The number of fused-ring (bicyclic) bond motifs is 1. The number of benzene rings is 3. The molecular weight excluding hydrogens is 484 g/mol. The number of rotatable bonds is 10. The first-order valence-electron chi connectivity index (χ1n) is 13.6. The first-order valence-corrected chi connectivity index (χ1v) is 13.6. The van der Waals surface area contributed by atoms with Crippen molar-refractivity contribution in [2.24, 2.45) is 0 Å². The van der Waals surface area contributed by atoms with Gasteiger partial charge < -0.3 is 4.98 Å².